The first-order valence-electron chi connectivity index (χ1n) is 6.50. The maximum absolute atomic E-state index is 12.0. The zero-order chi connectivity index (χ0) is 15.1. The van der Waals surface area contributed by atoms with Gasteiger partial charge in [-0.1, -0.05) is 42.5 Å². The van der Waals surface area contributed by atoms with Crippen molar-refractivity contribution in [2.24, 2.45) is 16.5 Å². The lowest BCUT2D eigenvalue weighted by Crippen LogP contribution is -2.22. The van der Waals surface area contributed by atoms with Crippen molar-refractivity contribution in [3.63, 3.8) is 0 Å². The third-order valence-electron chi connectivity index (χ3n) is 2.82. The molecule has 21 heavy (non-hydrogen) atoms. The predicted molar refractivity (Wildman–Crippen MR) is 81.5 cm³/mol. The van der Waals surface area contributed by atoms with Crippen molar-refractivity contribution >= 4 is 11.9 Å². The van der Waals surface area contributed by atoms with Gasteiger partial charge in [-0.2, -0.15) is 0 Å². The van der Waals surface area contributed by atoms with Gasteiger partial charge in [0.25, 0.3) is 0 Å². The lowest BCUT2D eigenvalue weighted by atomic mass is 10.1. The van der Waals surface area contributed by atoms with E-state index in [4.69, 9.17) is 16.2 Å². The molecule has 0 amide bonds. The number of carbonyl (C=O) groups is 1. The minimum Gasteiger partial charge on any atom is -0.457 e. The van der Waals surface area contributed by atoms with Gasteiger partial charge >= 0.3 is 5.97 Å². The molecule has 108 valence electrons. The molecule has 5 nitrogen and oxygen atoms in total. The summed E-state index contributed by atoms with van der Waals surface area (Å²) in [6.45, 7) is 0.583. The van der Waals surface area contributed by atoms with Crippen LogP contribution in [0.5, 0.6) is 0 Å². The Morgan fingerprint density at radius 3 is 2.43 bits per heavy atom. The molecule has 0 aliphatic rings. The van der Waals surface area contributed by atoms with E-state index in [1.165, 1.54) is 0 Å². The summed E-state index contributed by atoms with van der Waals surface area (Å²) in [7, 11) is 0. The molecule has 0 atom stereocenters. The van der Waals surface area contributed by atoms with Crippen LogP contribution in [-0.2, 0) is 17.9 Å². The van der Waals surface area contributed by atoms with Crippen LogP contribution in [0.2, 0.25) is 0 Å². The molecular formula is C16H17N3O2. The van der Waals surface area contributed by atoms with E-state index in [1.807, 2.05) is 36.4 Å². The quantitative estimate of drug-likeness (QED) is 0.497. The molecule has 5 heteroatoms. The molecule has 2 rings (SSSR count). The predicted octanol–water partition coefficient (Wildman–Crippen LogP) is 1.82. The summed E-state index contributed by atoms with van der Waals surface area (Å²) < 4.78 is 5.27. The maximum Gasteiger partial charge on any atom is 0.338 e. The SMILES string of the molecule is NC(N)=NCc1cccc(C(=O)OCc2ccccc2)c1. The molecular weight excluding hydrogens is 266 g/mol. The zero-order valence-corrected chi connectivity index (χ0v) is 11.5. The van der Waals surface area contributed by atoms with Crippen LogP contribution in [-0.4, -0.2) is 11.9 Å². The van der Waals surface area contributed by atoms with E-state index < -0.39 is 0 Å². The molecule has 0 aliphatic carbocycles. The lowest BCUT2D eigenvalue weighted by Gasteiger charge is -2.06. The van der Waals surface area contributed by atoms with Crippen molar-refractivity contribution in [3.05, 3.63) is 71.3 Å². The van der Waals surface area contributed by atoms with Crippen LogP contribution < -0.4 is 11.5 Å². The molecule has 0 aliphatic heterocycles. The van der Waals surface area contributed by atoms with E-state index in [0.717, 1.165) is 11.1 Å². The number of esters is 1. The van der Waals surface area contributed by atoms with Crippen molar-refractivity contribution in [2.75, 3.05) is 0 Å². The Morgan fingerprint density at radius 1 is 1.00 bits per heavy atom. The van der Waals surface area contributed by atoms with E-state index >= 15 is 0 Å². The van der Waals surface area contributed by atoms with Crippen molar-refractivity contribution in [2.45, 2.75) is 13.2 Å². The number of aliphatic imine (C=N–C) groups is 1. The average Bonchev–Trinajstić information content (AvgIpc) is 2.52. The van der Waals surface area contributed by atoms with E-state index in [2.05, 4.69) is 4.99 Å². The standard InChI is InChI=1S/C16H17N3O2/c17-16(18)19-10-13-7-4-8-14(9-13)15(20)21-11-12-5-2-1-3-6-12/h1-9H,10-11H2,(H4,17,18,19). The number of ether oxygens (including phenoxy) is 1. The number of guanidine groups is 1. The van der Waals surface area contributed by atoms with Gasteiger partial charge in [0.2, 0.25) is 0 Å². The summed E-state index contributed by atoms with van der Waals surface area (Å²) in [6.07, 6.45) is 0. The Kier molecular flexibility index (Phi) is 4.93. The number of rotatable bonds is 5. The summed E-state index contributed by atoms with van der Waals surface area (Å²) in [4.78, 5) is 15.9. The lowest BCUT2D eigenvalue weighted by molar-refractivity contribution is 0.0472. The van der Waals surface area contributed by atoms with Gasteiger partial charge < -0.3 is 16.2 Å². The first kappa shape index (κ1) is 14.6. The Bertz CT molecular complexity index is 635. The summed E-state index contributed by atoms with van der Waals surface area (Å²) in [5.41, 5.74) is 12.8. The van der Waals surface area contributed by atoms with Crippen LogP contribution in [0.15, 0.2) is 59.6 Å². The van der Waals surface area contributed by atoms with Gasteiger partial charge in [0.15, 0.2) is 5.96 Å². The molecule has 0 spiro atoms. The topological polar surface area (TPSA) is 90.7 Å². The van der Waals surface area contributed by atoms with Crippen LogP contribution in [0.3, 0.4) is 0 Å². The van der Waals surface area contributed by atoms with Crippen molar-refractivity contribution < 1.29 is 9.53 Å². The smallest absolute Gasteiger partial charge is 0.338 e. The molecule has 4 N–H and O–H groups in total. The Labute approximate surface area is 123 Å². The molecule has 0 saturated heterocycles. The molecule has 0 fully saturated rings. The first-order valence-corrected chi connectivity index (χ1v) is 6.50. The highest BCUT2D eigenvalue weighted by molar-refractivity contribution is 5.89. The van der Waals surface area contributed by atoms with Crippen molar-refractivity contribution in [1.82, 2.24) is 0 Å². The van der Waals surface area contributed by atoms with Crippen LogP contribution in [0.4, 0.5) is 0 Å². The fraction of sp³-hybridized carbons (Fsp3) is 0.125. The second-order valence-electron chi connectivity index (χ2n) is 4.50. The fourth-order valence-corrected chi connectivity index (χ4v) is 1.79. The van der Waals surface area contributed by atoms with Gasteiger partial charge in [0.05, 0.1) is 12.1 Å². The fourth-order valence-electron chi connectivity index (χ4n) is 1.79. The third kappa shape index (κ3) is 4.65. The van der Waals surface area contributed by atoms with Gasteiger partial charge in [0, 0.05) is 0 Å². The maximum atomic E-state index is 12.0. The van der Waals surface area contributed by atoms with Crippen molar-refractivity contribution in [3.8, 4) is 0 Å². The molecule has 2 aromatic rings. The third-order valence-corrected chi connectivity index (χ3v) is 2.82. The highest BCUT2D eigenvalue weighted by atomic mass is 16.5. The van der Waals surface area contributed by atoms with E-state index in [9.17, 15) is 4.79 Å². The normalized spacial score (nSPS) is 9.90. The summed E-state index contributed by atoms with van der Waals surface area (Å²) >= 11 is 0. The van der Waals surface area contributed by atoms with Gasteiger partial charge in [-0.15, -0.1) is 0 Å². The Morgan fingerprint density at radius 2 is 1.71 bits per heavy atom. The van der Waals surface area contributed by atoms with E-state index in [-0.39, 0.29) is 18.5 Å². The highest BCUT2D eigenvalue weighted by Gasteiger charge is 2.08. The largest absolute Gasteiger partial charge is 0.457 e. The highest BCUT2D eigenvalue weighted by Crippen LogP contribution is 2.10. The summed E-state index contributed by atoms with van der Waals surface area (Å²) in [6, 6.07) is 16.6. The van der Waals surface area contributed by atoms with Gasteiger partial charge in [-0.25, -0.2) is 9.79 Å². The molecule has 0 aromatic heterocycles. The van der Waals surface area contributed by atoms with Crippen LogP contribution in [0.25, 0.3) is 0 Å². The van der Waals surface area contributed by atoms with Crippen LogP contribution in [0.1, 0.15) is 21.5 Å². The number of hydrogen-bond donors (Lipinski definition) is 2. The molecule has 2 aromatic carbocycles. The average molecular weight is 283 g/mol. The second kappa shape index (κ2) is 7.09. The molecule has 0 unspecified atom stereocenters. The monoisotopic (exact) mass is 283 g/mol. The van der Waals surface area contributed by atoms with Crippen LogP contribution in [0, 0.1) is 0 Å². The molecule has 0 heterocycles. The number of carbonyl (C=O) groups excluding carboxylic acids is 1. The van der Waals surface area contributed by atoms with E-state index in [0.29, 0.717) is 12.1 Å². The summed E-state index contributed by atoms with van der Waals surface area (Å²) in [5.74, 6) is -0.350. The van der Waals surface area contributed by atoms with Gasteiger partial charge in [-0.3, -0.25) is 0 Å². The van der Waals surface area contributed by atoms with Crippen molar-refractivity contribution in [1.29, 1.82) is 0 Å². The number of nitrogens with zero attached hydrogens (tertiary/aromatic N) is 1. The molecule has 0 saturated carbocycles. The Hall–Kier alpha value is -2.82. The Balaban J connectivity index is 1.99. The molecule has 0 bridgehead atoms. The first-order chi connectivity index (χ1) is 10.1. The number of nitrogens with two attached hydrogens (primary N) is 2. The second-order valence-corrected chi connectivity index (χ2v) is 4.50. The van der Waals surface area contributed by atoms with Gasteiger partial charge in [-0.05, 0) is 23.3 Å². The minimum absolute atomic E-state index is 0.0204. The molecule has 0 radical (unpaired) electrons. The van der Waals surface area contributed by atoms with Crippen LogP contribution >= 0.6 is 0 Å². The van der Waals surface area contributed by atoms with E-state index in [1.54, 1.807) is 18.2 Å². The van der Waals surface area contributed by atoms with Gasteiger partial charge in [0.1, 0.15) is 6.61 Å². The zero-order valence-electron chi connectivity index (χ0n) is 11.5. The number of benzene rings is 2. The minimum atomic E-state index is -0.370. The number of hydrogen-bond acceptors (Lipinski definition) is 3. The summed E-state index contributed by atoms with van der Waals surface area (Å²) in [5, 5.41) is 0.